The third kappa shape index (κ3) is 2.11. The van der Waals surface area contributed by atoms with Crippen LogP contribution in [0.4, 0.5) is 5.69 Å². The highest BCUT2D eigenvalue weighted by Crippen LogP contribution is 2.27. The van der Waals surface area contributed by atoms with Gasteiger partial charge in [-0.2, -0.15) is 5.26 Å². The lowest BCUT2D eigenvalue weighted by atomic mass is 10.1. The Labute approximate surface area is 106 Å². The molecular weight excluding hydrogens is 226 g/mol. The number of anilines is 1. The topological polar surface area (TPSA) is 78.8 Å². The molecule has 0 unspecified atom stereocenters. The Morgan fingerprint density at radius 3 is 2.78 bits per heavy atom. The normalized spacial score (nSPS) is 10.3. The lowest BCUT2D eigenvalue weighted by Gasteiger charge is -2.23. The maximum atomic E-state index is 9.18. The smallest absolute Gasteiger partial charge is 0.187 e. The molecule has 0 atom stereocenters. The summed E-state index contributed by atoms with van der Waals surface area (Å²) in [6.45, 7) is 4.05. The summed E-state index contributed by atoms with van der Waals surface area (Å²) in [4.78, 5) is 2.07. The third-order valence-electron chi connectivity index (χ3n) is 2.84. The van der Waals surface area contributed by atoms with Crippen LogP contribution in [-0.4, -0.2) is 29.8 Å². The van der Waals surface area contributed by atoms with Crippen LogP contribution in [-0.2, 0) is 0 Å². The quantitative estimate of drug-likeness (QED) is 0.872. The van der Waals surface area contributed by atoms with Crippen LogP contribution >= 0.6 is 0 Å². The van der Waals surface area contributed by atoms with Crippen molar-refractivity contribution in [2.75, 3.05) is 24.5 Å². The van der Waals surface area contributed by atoms with Crippen LogP contribution < -0.4 is 10.6 Å². The average molecular weight is 241 g/mol. The molecule has 2 aromatic rings. The van der Waals surface area contributed by atoms with Crippen LogP contribution in [0.2, 0.25) is 0 Å². The average Bonchev–Trinajstić information content (AvgIpc) is 2.43. The third-order valence-corrected chi connectivity index (χ3v) is 2.84. The molecule has 0 saturated heterocycles. The maximum Gasteiger partial charge on any atom is 0.187 e. The Balaban J connectivity index is 2.68. The van der Waals surface area contributed by atoms with E-state index in [1.54, 1.807) is 0 Å². The van der Waals surface area contributed by atoms with E-state index >= 15 is 0 Å². The first-order chi connectivity index (χ1) is 8.81. The number of aromatic nitrogens is 2. The van der Waals surface area contributed by atoms with Gasteiger partial charge in [-0.1, -0.05) is 18.2 Å². The summed E-state index contributed by atoms with van der Waals surface area (Å²) in [6, 6.07) is 9.80. The molecule has 5 heteroatoms. The van der Waals surface area contributed by atoms with Crippen LogP contribution in [0.3, 0.4) is 0 Å². The zero-order chi connectivity index (χ0) is 13.0. The predicted octanol–water partition coefficient (Wildman–Crippen LogP) is 1.29. The molecule has 0 saturated carbocycles. The molecule has 1 aromatic carbocycles. The number of hydrogen-bond acceptors (Lipinski definition) is 5. The van der Waals surface area contributed by atoms with Gasteiger partial charge in [0.25, 0.3) is 0 Å². The van der Waals surface area contributed by atoms with Gasteiger partial charge in [0.15, 0.2) is 5.69 Å². The summed E-state index contributed by atoms with van der Waals surface area (Å²) in [5.41, 5.74) is 7.59. The second-order valence-corrected chi connectivity index (χ2v) is 3.89. The van der Waals surface area contributed by atoms with E-state index in [1.165, 1.54) is 0 Å². The Bertz CT molecular complexity index is 587. The maximum absolute atomic E-state index is 9.18. The first kappa shape index (κ1) is 12.3. The molecule has 0 amide bonds. The summed E-state index contributed by atoms with van der Waals surface area (Å²) in [5.74, 6) is 0. The van der Waals surface area contributed by atoms with Crippen LogP contribution in [0.1, 0.15) is 12.6 Å². The number of fused-ring (bicyclic) bond motifs is 1. The summed E-state index contributed by atoms with van der Waals surface area (Å²) in [6.07, 6.45) is 0. The molecule has 0 aliphatic rings. The zero-order valence-corrected chi connectivity index (χ0v) is 10.3. The van der Waals surface area contributed by atoms with Gasteiger partial charge in [-0.05, 0) is 13.0 Å². The van der Waals surface area contributed by atoms with Gasteiger partial charge in [-0.15, -0.1) is 10.2 Å². The predicted molar refractivity (Wildman–Crippen MR) is 71.2 cm³/mol. The van der Waals surface area contributed by atoms with Crippen molar-refractivity contribution in [2.45, 2.75) is 6.92 Å². The second kappa shape index (κ2) is 5.43. The molecule has 1 heterocycles. The Hall–Kier alpha value is -2.19. The molecule has 0 bridgehead atoms. The molecular formula is C13H15N5. The Morgan fingerprint density at radius 1 is 1.33 bits per heavy atom. The molecule has 0 aliphatic carbocycles. The molecule has 0 fully saturated rings. The van der Waals surface area contributed by atoms with E-state index in [0.29, 0.717) is 18.8 Å². The van der Waals surface area contributed by atoms with Crippen LogP contribution in [0, 0.1) is 11.3 Å². The van der Waals surface area contributed by atoms with Crippen molar-refractivity contribution in [2.24, 2.45) is 5.73 Å². The van der Waals surface area contributed by atoms with Crippen LogP contribution in [0.5, 0.6) is 0 Å². The second-order valence-electron chi connectivity index (χ2n) is 3.89. The first-order valence-corrected chi connectivity index (χ1v) is 5.92. The highest BCUT2D eigenvalue weighted by atomic mass is 15.2. The standard InChI is InChI=1S/C13H15N5/c1-2-18(8-7-14)13-10-5-3-4-6-11(10)16-17-12(13)9-15/h3-6H,2,7-8,14H2,1H3. The molecule has 92 valence electrons. The van der Waals surface area contributed by atoms with Crippen molar-refractivity contribution in [1.82, 2.24) is 10.2 Å². The minimum atomic E-state index is 0.351. The van der Waals surface area contributed by atoms with E-state index in [-0.39, 0.29) is 0 Å². The van der Waals surface area contributed by atoms with Gasteiger partial charge in [-0.3, -0.25) is 0 Å². The summed E-state index contributed by atoms with van der Waals surface area (Å²) in [7, 11) is 0. The Kier molecular flexibility index (Phi) is 3.70. The fourth-order valence-corrected chi connectivity index (χ4v) is 2.02. The number of hydrogen-bond donors (Lipinski definition) is 1. The number of benzene rings is 1. The van der Waals surface area contributed by atoms with E-state index in [9.17, 15) is 5.26 Å². The van der Waals surface area contributed by atoms with Crippen molar-refractivity contribution >= 4 is 16.6 Å². The van der Waals surface area contributed by atoms with E-state index in [1.807, 2.05) is 31.2 Å². The lowest BCUT2D eigenvalue weighted by molar-refractivity contribution is 0.812. The number of nitriles is 1. The van der Waals surface area contributed by atoms with Gasteiger partial charge in [0.1, 0.15) is 6.07 Å². The summed E-state index contributed by atoms with van der Waals surface area (Å²) >= 11 is 0. The molecule has 0 spiro atoms. The van der Waals surface area contributed by atoms with Gasteiger partial charge < -0.3 is 10.6 Å². The van der Waals surface area contributed by atoms with Crippen molar-refractivity contribution in [3.05, 3.63) is 30.0 Å². The summed E-state index contributed by atoms with van der Waals surface area (Å²) in [5, 5.41) is 18.2. The van der Waals surface area contributed by atoms with E-state index < -0.39 is 0 Å². The minimum absolute atomic E-state index is 0.351. The van der Waals surface area contributed by atoms with E-state index in [2.05, 4.69) is 21.2 Å². The molecule has 0 aliphatic heterocycles. The Morgan fingerprint density at radius 2 is 2.11 bits per heavy atom. The number of nitrogens with two attached hydrogens (primary N) is 1. The van der Waals surface area contributed by atoms with Crippen molar-refractivity contribution in [3.63, 3.8) is 0 Å². The lowest BCUT2D eigenvalue weighted by Crippen LogP contribution is -2.30. The van der Waals surface area contributed by atoms with Gasteiger partial charge in [0.05, 0.1) is 11.2 Å². The fourth-order valence-electron chi connectivity index (χ4n) is 2.02. The molecule has 2 rings (SSSR count). The van der Waals surface area contributed by atoms with E-state index in [4.69, 9.17) is 5.73 Å². The molecule has 5 nitrogen and oxygen atoms in total. The highest BCUT2D eigenvalue weighted by molar-refractivity contribution is 5.93. The van der Waals surface area contributed by atoms with Gasteiger partial charge >= 0.3 is 0 Å². The molecule has 2 N–H and O–H groups in total. The largest absolute Gasteiger partial charge is 0.368 e. The van der Waals surface area contributed by atoms with Crippen LogP contribution in [0.25, 0.3) is 10.9 Å². The molecule has 0 radical (unpaired) electrons. The SMILES string of the molecule is CCN(CCN)c1c(C#N)nnc2ccccc12. The van der Waals surface area contributed by atoms with Crippen molar-refractivity contribution in [3.8, 4) is 6.07 Å². The van der Waals surface area contributed by atoms with Gasteiger partial charge in [0, 0.05) is 25.0 Å². The van der Waals surface area contributed by atoms with Crippen LogP contribution in [0.15, 0.2) is 24.3 Å². The van der Waals surface area contributed by atoms with E-state index in [0.717, 1.165) is 23.1 Å². The highest BCUT2D eigenvalue weighted by Gasteiger charge is 2.15. The summed E-state index contributed by atoms with van der Waals surface area (Å²) < 4.78 is 0. The number of nitrogens with zero attached hydrogens (tertiary/aromatic N) is 4. The number of likely N-dealkylation sites (N-methyl/N-ethyl adjacent to an activating group) is 1. The minimum Gasteiger partial charge on any atom is -0.368 e. The van der Waals surface area contributed by atoms with Gasteiger partial charge in [-0.25, -0.2) is 0 Å². The monoisotopic (exact) mass is 241 g/mol. The molecule has 1 aromatic heterocycles. The van der Waals surface area contributed by atoms with Crippen molar-refractivity contribution in [1.29, 1.82) is 5.26 Å². The zero-order valence-electron chi connectivity index (χ0n) is 10.3. The molecule has 18 heavy (non-hydrogen) atoms. The van der Waals surface area contributed by atoms with Gasteiger partial charge in [0.2, 0.25) is 0 Å². The first-order valence-electron chi connectivity index (χ1n) is 5.92. The van der Waals surface area contributed by atoms with Crippen molar-refractivity contribution < 1.29 is 0 Å². The fraction of sp³-hybridized carbons (Fsp3) is 0.308. The number of rotatable bonds is 4.